The largest absolute Gasteiger partial charge is 0.493 e. The summed E-state index contributed by atoms with van der Waals surface area (Å²) in [4.78, 5) is 16.5. The van der Waals surface area contributed by atoms with E-state index in [1.165, 1.54) is 0 Å². The summed E-state index contributed by atoms with van der Waals surface area (Å²) in [6, 6.07) is 7.64. The van der Waals surface area contributed by atoms with Gasteiger partial charge in [0.05, 0.1) is 6.61 Å². The summed E-state index contributed by atoms with van der Waals surface area (Å²) in [6.45, 7) is 3.09. The zero-order valence-corrected chi connectivity index (χ0v) is 10.2. The van der Waals surface area contributed by atoms with E-state index in [-0.39, 0.29) is 5.91 Å². The van der Waals surface area contributed by atoms with Gasteiger partial charge in [-0.3, -0.25) is 15.1 Å². The van der Waals surface area contributed by atoms with Crippen molar-refractivity contribution in [3.8, 4) is 5.75 Å². The first-order valence-corrected chi connectivity index (χ1v) is 6.12. The van der Waals surface area contributed by atoms with Crippen molar-refractivity contribution < 1.29 is 9.53 Å². The monoisotopic (exact) mass is 245 g/mol. The number of nitrogens with one attached hydrogen (secondary N) is 2. The maximum absolute atomic E-state index is 12.3. The second kappa shape index (κ2) is 4.01. The number of aliphatic imine (C=N–C) groups is 1. The van der Waals surface area contributed by atoms with Crippen molar-refractivity contribution in [2.45, 2.75) is 18.9 Å². The number of para-hydroxylation sites is 1. The number of hydrogen-bond donors (Lipinski definition) is 2. The van der Waals surface area contributed by atoms with Gasteiger partial charge in [0.1, 0.15) is 5.75 Å². The van der Waals surface area contributed by atoms with Crippen molar-refractivity contribution in [1.29, 1.82) is 0 Å². The highest BCUT2D eigenvalue weighted by Gasteiger charge is 2.49. The molecule has 1 unspecified atom stereocenters. The Labute approximate surface area is 105 Å². The van der Waals surface area contributed by atoms with Gasteiger partial charge < -0.3 is 10.1 Å². The lowest BCUT2D eigenvalue weighted by Gasteiger charge is -2.32. The van der Waals surface area contributed by atoms with E-state index in [0.717, 1.165) is 11.3 Å². The van der Waals surface area contributed by atoms with Gasteiger partial charge in [-0.05, 0) is 13.0 Å². The molecule has 2 N–H and O–H groups in total. The molecule has 1 saturated heterocycles. The second-order valence-electron chi connectivity index (χ2n) is 4.40. The lowest BCUT2D eigenvalue weighted by atomic mass is 9.85. The fourth-order valence-corrected chi connectivity index (χ4v) is 2.50. The Kier molecular flexibility index (Phi) is 2.47. The van der Waals surface area contributed by atoms with Crippen LogP contribution in [0.25, 0.3) is 0 Å². The third-order valence-corrected chi connectivity index (χ3v) is 3.35. The van der Waals surface area contributed by atoms with E-state index in [2.05, 4.69) is 15.6 Å². The van der Waals surface area contributed by atoms with Crippen LogP contribution in [0.15, 0.2) is 29.3 Å². The average Bonchev–Trinajstić information content (AvgIpc) is 2.68. The van der Waals surface area contributed by atoms with Gasteiger partial charge in [0.25, 0.3) is 5.91 Å². The van der Waals surface area contributed by atoms with Crippen LogP contribution in [0.2, 0.25) is 0 Å². The number of rotatable bonds is 1. The number of ether oxygens (including phenoxy) is 1. The van der Waals surface area contributed by atoms with Crippen LogP contribution < -0.4 is 15.4 Å². The number of guanidine groups is 1. The van der Waals surface area contributed by atoms with Gasteiger partial charge in [-0.15, -0.1) is 0 Å². The molecule has 18 heavy (non-hydrogen) atoms. The third-order valence-electron chi connectivity index (χ3n) is 3.35. The normalized spacial score (nSPS) is 27.6. The van der Waals surface area contributed by atoms with Gasteiger partial charge in [-0.2, -0.15) is 0 Å². The molecule has 0 radical (unpaired) electrons. The van der Waals surface area contributed by atoms with E-state index in [0.29, 0.717) is 25.5 Å². The summed E-state index contributed by atoms with van der Waals surface area (Å²) in [7, 11) is 0. The highest BCUT2D eigenvalue weighted by molar-refractivity contribution is 6.09. The zero-order valence-electron chi connectivity index (χ0n) is 10.2. The Hall–Kier alpha value is -2.04. The van der Waals surface area contributed by atoms with Crippen LogP contribution in [0, 0.1) is 0 Å². The molecule has 1 atom stereocenters. The molecular weight excluding hydrogens is 230 g/mol. The molecule has 5 nitrogen and oxygen atoms in total. The summed E-state index contributed by atoms with van der Waals surface area (Å²) in [5.41, 5.74) is 0.165. The highest BCUT2D eigenvalue weighted by atomic mass is 16.5. The fraction of sp³-hybridized carbons (Fsp3) is 0.385. The van der Waals surface area contributed by atoms with Gasteiger partial charge in [0.2, 0.25) is 0 Å². The van der Waals surface area contributed by atoms with Gasteiger partial charge in [0.15, 0.2) is 11.5 Å². The molecule has 1 aromatic rings. The maximum Gasteiger partial charge on any atom is 0.257 e. The Morgan fingerprint density at radius 2 is 2.28 bits per heavy atom. The van der Waals surface area contributed by atoms with Crippen LogP contribution in [-0.2, 0) is 10.3 Å². The second-order valence-corrected chi connectivity index (χ2v) is 4.40. The van der Waals surface area contributed by atoms with Gasteiger partial charge in [0, 0.05) is 18.5 Å². The van der Waals surface area contributed by atoms with E-state index in [4.69, 9.17) is 4.74 Å². The van der Waals surface area contributed by atoms with Crippen molar-refractivity contribution in [1.82, 2.24) is 10.6 Å². The van der Waals surface area contributed by atoms with E-state index >= 15 is 0 Å². The van der Waals surface area contributed by atoms with Crippen LogP contribution in [0.5, 0.6) is 5.75 Å². The lowest BCUT2D eigenvalue weighted by molar-refractivity contribution is -0.125. The number of carbonyl (C=O) groups excluding carboxylic acids is 1. The summed E-state index contributed by atoms with van der Waals surface area (Å²) in [5, 5.41) is 6.02. The molecule has 1 spiro atoms. The van der Waals surface area contributed by atoms with Crippen molar-refractivity contribution in [2.24, 2.45) is 4.99 Å². The van der Waals surface area contributed by atoms with Crippen molar-refractivity contribution in [3.63, 3.8) is 0 Å². The first-order chi connectivity index (χ1) is 8.76. The minimum absolute atomic E-state index is 0.0505. The van der Waals surface area contributed by atoms with Crippen LogP contribution in [0.4, 0.5) is 0 Å². The molecule has 1 aromatic carbocycles. The van der Waals surface area contributed by atoms with E-state index in [9.17, 15) is 4.79 Å². The summed E-state index contributed by atoms with van der Waals surface area (Å²) >= 11 is 0. The van der Waals surface area contributed by atoms with Crippen LogP contribution >= 0.6 is 0 Å². The molecule has 94 valence electrons. The number of fused-ring (bicyclic) bond motifs is 2. The molecule has 5 heteroatoms. The smallest absolute Gasteiger partial charge is 0.257 e. The fourth-order valence-electron chi connectivity index (χ4n) is 2.50. The van der Waals surface area contributed by atoms with Crippen LogP contribution in [0.1, 0.15) is 18.9 Å². The molecular formula is C13H15N3O2. The molecule has 0 aromatic heterocycles. The predicted molar refractivity (Wildman–Crippen MR) is 67.5 cm³/mol. The minimum Gasteiger partial charge on any atom is -0.493 e. The number of hydrogen-bond acceptors (Lipinski definition) is 3. The molecule has 1 amide bonds. The lowest BCUT2D eigenvalue weighted by Crippen LogP contribution is -2.47. The maximum atomic E-state index is 12.3. The first kappa shape index (κ1) is 11.1. The summed E-state index contributed by atoms with van der Waals surface area (Å²) < 4.78 is 5.59. The molecule has 3 rings (SSSR count). The molecule has 1 fully saturated rings. The van der Waals surface area contributed by atoms with Crippen molar-refractivity contribution in [2.75, 3.05) is 13.2 Å². The van der Waals surface area contributed by atoms with Gasteiger partial charge in [-0.1, -0.05) is 18.2 Å². The highest BCUT2D eigenvalue weighted by Crippen LogP contribution is 2.38. The molecule has 2 aliphatic rings. The standard InChI is InChI=1S/C13H15N3O2/c1-2-14-12-15-11(17)13(16-12)7-8-18-10-6-4-3-5-9(10)13/h3-6H,2,7-8H2,1H3,(H2,14,15,16,17). The zero-order chi connectivity index (χ0) is 12.6. The number of nitrogens with zero attached hydrogens (tertiary/aromatic N) is 1. The number of benzene rings is 1. The molecule has 2 aliphatic heterocycles. The SMILES string of the molecule is CCN=C1NC(=O)C2(CCOc3ccccc32)N1. The minimum atomic E-state index is -0.719. The first-order valence-electron chi connectivity index (χ1n) is 6.12. The van der Waals surface area contributed by atoms with Crippen LogP contribution in [0.3, 0.4) is 0 Å². The Bertz CT molecular complexity index is 527. The van der Waals surface area contributed by atoms with Crippen molar-refractivity contribution in [3.05, 3.63) is 29.8 Å². The third kappa shape index (κ3) is 1.47. The van der Waals surface area contributed by atoms with Gasteiger partial charge in [-0.25, -0.2) is 0 Å². The Morgan fingerprint density at radius 3 is 3.11 bits per heavy atom. The quantitative estimate of drug-likeness (QED) is 0.768. The number of carbonyl (C=O) groups is 1. The molecule has 0 aliphatic carbocycles. The topological polar surface area (TPSA) is 62.7 Å². The number of amides is 1. The predicted octanol–water partition coefficient (Wildman–Crippen LogP) is 0.760. The summed E-state index contributed by atoms with van der Waals surface area (Å²) in [5.74, 6) is 1.27. The van der Waals surface area contributed by atoms with Crippen molar-refractivity contribution >= 4 is 11.9 Å². The molecule has 0 saturated carbocycles. The Morgan fingerprint density at radius 1 is 1.44 bits per heavy atom. The van der Waals surface area contributed by atoms with E-state index in [1.807, 2.05) is 31.2 Å². The van der Waals surface area contributed by atoms with Gasteiger partial charge >= 0.3 is 0 Å². The van der Waals surface area contributed by atoms with Crippen LogP contribution in [-0.4, -0.2) is 25.0 Å². The van der Waals surface area contributed by atoms with E-state index < -0.39 is 5.54 Å². The molecule has 0 bridgehead atoms. The molecule has 2 heterocycles. The van der Waals surface area contributed by atoms with E-state index in [1.54, 1.807) is 0 Å². The summed E-state index contributed by atoms with van der Waals surface area (Å²) in [6.07, 6.45) is 0.610. The average molecular weight is 245 g/mol. The Balaban J connectivity index is 2.07.